The number of amides is 2. The molecule has 2 N–H and O–H groups in total. The average Bonchev–Trinajstić information content (AvgIpc) is 2.62. The number of aliphatic carboxylic acids is 1. The number of hydrogen-bond donors (Lipinski definition) is 2. The molecule has 0 radical (unpaired) electrons. The summed E-state index contributed by atoms with van der Waals surface area (Å²) in [7, 11) is 0. The molecule has 0 aromatic rings. The molecule has 0 aromatic carbocycles. The van der Waals surface area contributed by atoms with Gasteiger partial charge in [-0.15, -0.1) is 0 Å². The Morgan fingerprint density at radius 3 is 2.38 bits per heavy atom. The third-order valence-corrected chi connectivity index (χ3v) is 2.84. The molecule has 1 saturated heterocycles. The van der Waals surface area contributed by atoms with Gasteiger partial charge in [0, 0.05) is 26.1 Å². The molecule has 1 aliphatic heterocycles. The van der Waals surface area contributed by atoms with Gasteiger partial charge in [0.05, 0.1) is 6.10 Å². The predicted molar refractivity (Wildman–Crippen MR) is 57.1 cm³/mol. The molecule has 0 aromatic heterocycles. The summed E-state index contributed by atoms with van der Waals surface area (Å²) < 4.78 is 0. The molecule has 0 unspecified atom stereocenters. The van der Waals surface area contributed by atoms with E-state index in [0.717, 1.165) is 0 Å². The van der Waals surface area contributed by atoms with E-state index in [0.29, 0.717) is 13.1 Å². The van der Waals surface area contributed by atoms with Crippen LogP contribution in [0.15, 0.2) is 0 Å². The highest BCUT2D eigenvalue weighted by molar-refractivity contribution is 5.83. The van der Waals surface area contributed by atoms with Crippen molar-refractivity contribution in [1.82, 2.24) is 9.80 Å². The predicted octanol–water partition coefficient (Wildman–Crippen LogP) is -0.0320. The lowest BCUT2D eigenvalue weighted by Gasteiger charge is -2.28. The topological polar surface area (TPSA) is 81.1 Å². The summed E-state index contributed by atoms with van der Waals surface area (Å²) in [5, 5.41) is 18.4. The minimum Gasteiger partial charge on any atom is -0.480 e. The Balaban J connectivity index is 2.77. The number of carbonyl (C=O) groups excluding carboxylic acids is 1. The van der Waals surface area contributed by atoms with Crippen molar-refractivity contribution < 1.29 is 19.8 Å². The van der Waals surface area contributed by atoms with Crippen molar-refractivity contribution in [2.24, 2.45) is 0 Å². The normalized spacial score (nSPS) is 24.6. The second kappa shape index (κ2) is 5.16. The number of hydrogen-bond acceptors (Lipinski definition) is 3. The number of carboxylic acid groups (broad SMARTS) is 1. The molecule has 0 aliphatic carbocycles. The second-order valence-corrected chi connectivity index (χ2v) is 3.85. The van der Waals surface area contributed by atoms with Gasteiger partial charge in [-0.05, 0) is 13.8 Å². The van der Waals surface area contributed by atoms with Crippen LogP contribution in [0.5, 0.6) is 0 Å². The van der Waals surface area contributed by atoms with Crippen molar-refractivity contribution in [3.05, 3.63) is 0 Å². The second-order valence-electron chi connectivity index (χ2n) is 3.85. The van der Waals surface area contributed by atoms with Crippen molar-refractivity contribution >= 4 is 12.0 Å². The summed E-state index contributed by atoms with van der Waals surface area (Å²) in [6.45, 7) is 4.85. The lowest BCUT2D eigenvalue weighted by Crippen LogP contribution is -2.48. The molecule has 2 amide bonds. The molecule has 0 bridgehead atoms. The smallest absolute Gasteiger partial charge is 0.326 e. The monoisotopic (exact) mass is 230 g/mol. The van der Waals surface area contributed by atoms with Gasteiger partial charge in [-0.3, -0.25) is 0 Å². The van der Waals surface area contributed by atoms with Gasteiger partial charge in [-0.1, -0.05) is 0 Å². The summed E-state index contributed by atoms with van der Waals surface area (Å²) in [4.78, 5) is 25.7. The highest BCUT2D eigenvalue weighted by Gasteiger charge is 2.40. The molecule has 92 valence electrons. The fourth-order valence-corrected chi connectivity index (χ4v) is 1.94. The first-order valence-corrected chi connectivity index (χ1v) is 5.47. The number of likely N-dealkylation sites (tertiary alicyclic amines) is 1. The van der Waals surface area contributed by atoms with E-state index in [4.69, 9.17) is 5.11 Å². The van der Waals surface area contributed by atoms with E-state index in [9.17, 15) is 14.7 Å². The van der Waals surface area contributed by atoms with E-state index in [-0.39, 0.29) is 19.0 Å². The third-order valence-electron chi connectivity index (χ3n) is 2.84. The number of aliphatic hydroxyl groups excluding tert-OH is 1. The van der Waals surface area contributed by atoms with Gasteiger partial charge < -0.3 is 20.0 Å². The quantitative estimate of drug-likeness (QED) is 0.713. The van der Waals surface area contributed by atoms with Gasteiger partial charge in [0.1, 0.15) is 6.04 Å². The average molecular weight is 230 g/mol. The summed E-state index contributed by atoms with van der Waals surface area (Å²) >= 11 is 0. The highest BCUT2D eigenvalue weighted by Crippen LogP contribution is 2.19. The zero-order valence-corrected chi connectivity index (χ0v) is 9.59. The lowest BCUT2D eigenvalue weighted by molar-refractivity contribution is -0.141. The van der Waals surface area contributed by atoms with Crippen LogP contribution in [0.25, 0.3) is 0 Å². The molecular weight excluding hydrogens is 212 g/mol. The van der Waals surface area contributed by atoms with Crippen LogP contribution in [-0.2, 0) is 4.79 Å². The van der Waals surface area contributed by atoms with Crippen LogP contribution < -0.4 is 0 Å². The largest absolute Gasteiger partial charge is 0.480 e. The standard InChI is InChI=1S/C10H18N2O4/c1-3-11(4-2)10(16)12-6-7(13)5-8(12)9(14)15/h7-8,13H,3-6H2,1-2H3,(H,14,15)/t7-,8+/m1/s1. The highest BCUT2D eigenvalue weighted by atomic mass is 16.4. The van der Waals surface area contributed by atoms with Crippen LogP contribution >= 0.6 is 0 Å². The van der Waals surface area contributed by atoms with Gasteiger partial charge in [-0.2, -0.15) is 0 Å². The molecule has 16 heavy (non-hydrogen) atoms. The number of β-amino-alcohol motifs (C(OH)–C–C–N with tert-alkyl or cyclic N) is 1. The number of rotatable bonds is 3. The molecule has 1 rings (SSSR count). The molecule has 2 atom stereocenters. The van der Waals surface area contributed by atoms with Crippen molar-refractivity contribution in [2.45, 2.75) is 32.4 Å². The van der Waals surface area contributed by atoms with Crippen LogP contribution in [0, 0.1) is 0 Å². The lowest BCUT2D eigenvalue weighted by atomic mass is 10.2. The molecule has 1 fully saturated rings. The minimum absolute atomic E-state index is 0.103. The van der Waals surface area contributed by atoms with Crippen molar-refractivity contribution in [3.8, 4) is 0 Å². The Labute approximate surface area is 94.4 Å². The maximum Gasteiger partial charge on any atom is 0.326 e. The van der Waals surface area contributed by atoms with E-state index < -0.39 is 18.1 Å². The Bertz CT molecular complexity index is 278. The zero-order valence-electron chi connectivity index (χ0n) is 9.59. The van der Waals surface area contributed by atoms with Gasteiger partial charge in [0.2, 0.25) is 0 Å². The number of urea groups is 1. The Morgan fingerprint density at radius 2 is 1.94 bits per heavy atom. The van der Waals surface area contributed by atoms with E-state index in [1.807, 2.05) is 13.8 Å². The van der Waals surface area contributed by atoms with Crippen LogP contribution in [0.4, 0.5) is 4.79 Å². The summed E-state index contributed by atoms with van der Waals surface area (Å²) in [6.07, 6.45) is -0.622. The van der Waals surface area contributed by atoms with E-state index >= 15 is 0 Å². The maximum atomic E-state index is 11.9. The summed E-state index contributed by atoms with van der Waals surface area (Å²) in [5.41, 5.74) is 0. The summed E-state index contributed by atoms with van der Waals surface area (Å²) in [6, 6.07) is -1.21. The Kier molecular flexibility index (Phi) is 4.12. The Hall–Kier alpha value is -1.30. The summed E-state index contributed by atoms with van der Waals surface area (Å²) in [5.74, 6) is -1.06. The molecule has 1 heterocycles. The first kappa shape index (κ1) is 12.8. The fraction of sp³-hybridized carbons (Fsp3) is 0.800. The number of carbonyl (C=O) groups is 2. The van der Waals surface area contributed by atoms with Crippen LogP contribution in [0.2, 0.25) is 0 Å². The van der Waals surface area contributed by atoms with Crippen molar-refractivity contribution in [1.29, 1.82) is 0 Å². The molecule has 0 saturated carbocycles. The van der Waals surface area contributed by atoms with Gasteiger partial charge in [-0.25, -0.2) is 9.59 Å². The molecule has 6 heteroatoms. The number of nitrogens with zero attached hydrogens (tertiary/aromatic N) is 2. The van der Waals surface area contributed by atoms with Crippen LogP contribution in [0.1, 0.15) is 20.3 Å². The van der Waals surface area contributed by atoms with Gasteiger partial charge in [0.25, 0.3) is 0 Å². The van der Waals surface area contributed by atoms with Crippen molar-refractivity contribution in [2.75, 3.05) is 19.6 Å². The van der Waals surface area contributed by atoms with Crippen molar-refractivity contribution in [3.63, 3.8) is 0 Å². The van der Waals surface area contributed by atoms with E-state index in [2.05, 4.69) is 0 Å². The van der Waals surface area contributed by atoms with E-state index in [1.165, 1.54) is 4.90 Å². The third kappa shape index (κ3) is 2.44. The van der Waals surface area contributed by atoms with Gasteiger partial charge in [0.15, 0.2) is 0 Å². The van der Waals surface area contributed by atoms with Crippen LogP contribution in [-0.4, -0.2) is 63.8 Å². The van der Waals surface area contributed by atoms with Gasteiger partial charge >= 0.3 is 12.0 Å². The minimum atomic E-state index is -1.06. The maximum absolute atomic E-state index is 11.9. The molecule has 0 spiro atoms. The Morgan fingerprint density at radius 1 is 1.38 bits per heavy atom. The number of aliphatic hydroxyl groups is 1. The molecular formula is C10H18N2O4. The SMILES string of the molecule is CCN(CC)C(=O)N1C[C@H](O)C[C@H]1C(=O)O. The first-order chi connectivity index (χ1) is 7.51. The molecule has 1 aliphatic rings. The van der Waals surface area contributed by atoms with Crippen LogP contribution in [0.3, 0.4) is 0 Å². The first-order valence-electron chi connectivity index (χ1n) is 5.47. The zero-order chi connectivity index (χ0) is 12.3. The fourth-order valence-electron chi connectivity index (χ4n) is 1.94. The number of carboxylic acids is 1. The molecule has 6 nitrogen and oxygen atoms in total. The van der Waals surface area contributed by atoms with E-state index in [1.54, 1.807) is 4.90 Å².